The molecule has 1 heterocycles. The normalized spacial score (nSPS) is 33.3. The van der Waals surface area contributed by atoms with Crippen molar-refractivity contribution < 1.29 is 4.79 Å². The summed E-state index contributed by atoms with van der Waals surface area (Å²) in [5, 5.41) is 4.04. The summed E-state index contributed by atoms with van der Waals surface area (Å²) >= 11 is 1.45. The number of amides is 1. The van der Waals surface area contributed by atoms with E-state index in [1.165, 1.54) is 50.3 Å². The van der Waals surface area contributed by atoms with Crippen molar-refractivity contribution in [3.05, 3.63) is 17.0 Å². The van der Waals surface area contributed by atoms with Gasteiger partial charge >= 0.3 is 0 Å². The zero-order chi connectivity index (χ0) is 18.5. The third-order valence-electron chi connectivity index (χ3n) is 7.33. The van der Waals surface area contributed by atoms with Crippen LogP contribution in [-0.4, -0.2) is 27.7 Å². The fourth-order valence-corrected chi connectivity index (χ4v) is 6.83. The smallest absolute Gasteiger partial charge is 0.230 e. The summed E-state index contributed by atoms with van der Waals surface area (Å²) < 4.78 is 0. The highest BCUT2D eigenvalue weighted by Gasteiger charge is 2.53. The molecule has 0 aliphatic heterocycles. The molecule has 4 saturated carbocycles. The molecule has 1 aromatic heterocycles. The second kappa shape index (κ2) is 6.81. The van der Waals surface area contributed by atoms with Crippen molar-refractivity contribution in [3.63, 3.8) is 0 Å². The van der Waals surface area contributed by atoms with E-state index in [4.69, 9.17) is 0 Å². The Morgan fingerprint density at radius 3 is 2.08 bits per heavy atom. The van der Waals surface area contributed by atoms with E-state index in [1.54, 1.807) is 0 Å². The van der Waals surface area contributed by atoms with Gasteiger partial charge in [0.25, 0.3) is 0 Å². The molecule has 5 rings (SSSR count). The molecule has 1 N–H and O–H groups in total. The number of nitrogens with zero attached hydrogens (tertiary/aromatic N) is 2. The van der Waals surface area contributed by atoms with Crippen molar-refractivity contribution in [2.24, 2.45) is 23.2 Å². The lowest BCUT2D eigenvalue weighted by Crippen LogP contribution is -2.56. The summed E-state index contributed by atoms with van der Waals surface area (Å²) in [5.41, 5.74) is 3.50. The standard InChI is InChI=1S/C21H31N3OS/c1-12-13(2)22-20(23-14(12)3)26-11-19(25)24-15(4)21-8-16-5-17(9-21)7-18(6-16)10-21/h15-18H,5-11H2,1-4H3,(H,24,25)/t15-,16?,17?,18?,21?/m1/s1. The number of rotatable bonds is 5. The molecule has 4 fully saturated rings. The molecule has 4 aliphatic carbocycles. The first-order valence-corrected chi connectivity index (χ1v) is 11.1. The summed E-state index contributed by atoms with van der Waals surface area (Å²) in [7, 11) is 0. The lowest BCUT2D eigenvalue weighted by atomic mass is 9.48. The lowest BCUT2D eigenvalue weighted by molar-refractivity contribution is -0.123. The molecule has 0 radical (unpaired) electrons. The molecular weight excluding hydrogens is 342 g/mol. The van der Waals surface area contributed by atoms with Crippen LogP contribution in [0, 0.1) is 43.9 Å². The number of aryl methyl sites for hydroxylation is 2. The second-order valence-corrected chi connectivity index (χ2v) is 10.1. The summed E-state index contributed by atoms with van der Waals surface area (Å²) in [6, 6.07) is 0.284. The van der Waals surface area contributed by atoms with Gasteiger partial charge in [0.2, 0.25) is 5.91 Å². The maximum Gasteiger partial charge on any atom is 0.230 e. The molecule has 4 bridgehead atoms. The first-order valence-electron chi connectivity index (χ1n) is 10.1. The van der Waals surface area contributed by atoms with Gasteiger partial charge < -0.3 is 5.32 Å². The minimum absolute atomic E-state index is 0.123. The Hall–Kier alpha value is -1.10. The Morgan fingerprint density at radius 1 is 1.08 bits per heavy atom. The maximum atomic E-state index is 12.6. The van der Waals surface area contributed by atoms with Crippen molar-refractivity contribution in [2.75, 3.05) is 5.75 Å². The van der Waals surface area contributed by atoms with Crippen molar-refractivity contribution in [3.8, 4) is 0 Å². The largest absolute Gasteiger partial charge is 0.352 e. The quantitative estimate of drug-likeness (QED) is 0.620. The number of aromatic nitrogens is 2. The van der Waals surface area contributed by atoms with E-state index >= 15 is 0 Å². The van der Waals surface area contributed by atoms with Crippen molar-refractivity contribution in [2.45, 2.75) is 77.4 Å². The van der Waals surface area contributed by atoms with Crippen LogP contribution < -0.4 is 5.32 Å². The Balaban J connectivity index is 1.35. The van der Waals surface area contributed by atoms with E-state index in [1.807, 2.05) is 20.8 Å². The molecule has 4 nitrogen and oxygen atoms in total. The fraction of sp³-hybridized carbons (Fsp3) is 0.762. The van der Waals surface area contributed by atoms with Gasteiger partial charge in [-0.05, 0) is 95.0 Å². The highest BCUT2D eigenvalue weighted by molar-refractivity contribution is 7.99. The van der Waals surface area contributed by atoms with Gasteiger partial charge in [0, 0.05) is 17.4 Å². The van der Waals surface area contributed by atoms with Crippen molar-refractivity contribution in [1.29, 1.82) is 0 Å². The summed E-state index contributed by atoms with van der Waals surface area (Å²) in [4.78, 5) is 21.6. The van der Waals surface area contributed by atoms with Crippen molar-refractivity contribution >= 4 is 17.7 Å². The number of carbonyl (C=O) groups is 1. The van der Waals surface area contributed by atoms with E-state index in [2.05, 4.69) is 22.2 Å². The molecule has 1 atom stereocenters. The Bertz CT molecular complexity index is 659. The van der Waals surface area contributed by atoms with E-state index in [0.717, 1.165) is 34.7 Å². The SMILES string of the molecule is Cc1nc(SCC(=O)N[C@H](C)C23CC4CC(CC(C4)C2)C3)nc(C)c1C. The second-order valence-electron chi connectivity index (χ2n) is 9.16. The molecule has 0 unspecified atom stereocenters. The summed E-state index contributed by atoms with van der Waals surface area (Å²) in [5.74, 6) is 3.28. The third-order valence-corrected chi connectivity index (χ3v) is 8.17. The molecule has 5 heteroatoms. The topological polar surface area (TPSA) is 54.9 Å². The molecule has 4 aliphatic rings. The van der Waals surface area contributed by atoms with Gasteiger partial charge in [0.15, 0.2) is 5.16 Å². The maximum absolute atomic E-state index is 12.6. The van der Waals surface area contributed by atoms with Gasteiger partial charge in [-0.25, -0.2) is 9.97 Å². The molecule has 142 valence electrons. The van der Waals surface area contributed by atoms with E-state index < -0.39 is 0 Å². The van der Waals surface area contributed by atoms with Crippen LogP contribution in [-0.2, 0) is 4.79 Å². The van der Waals surface area contributed by atoms with Crippen LogP contribution in [0.4, 0.5) is 0 Å². The van der Waals surface area contributed by atoms with Gasteiger partial charge in [-0.3, -0.25) is 4.79 Å². The third kappa shape index (κ3) is 3.39. The number of hydrogen-bond acceptors (Lipinski definition) is 4. The van der Waals surface area contributed by atoms with Gasteiger partial charge in [-0.15, -0.1) is 0 Å². The lowest BCUT2D eigenvalue weighted by Gasteiger charge is -2.59. The van der Waals surface area contributed by atoms with Crippen LogP contribution >= 0.6 is 11.8 Å². The van der Waals surface area contributed by atoms with Crippen LogP contribution in [0.1, 0.15) is 62.4 Å². The molecule has 1 amide bonds. The molecule has 26 heavy (non-hydrogen) atoms. The van der Waals surface area contributed by atoms with E-state index in [0.29, 0.717) is 16.3 Å². The van der Waals surface area contributed by atoms with E-state index in [-0.39, 0.29) is 11.9 Å². The zero-order valence-corrected chi connectivity index (χ0v) is 17.3. The molecular formula is C21H31N3OS. The highest BCUT2D eigenvalue weighted by Crippen LogP contribution is 2.61. The summed E-state index contributed by atoms with van der Waals surface area (Å²) in [6.45, 7) is 8.29. The predicted molar refractivity (Wildman–Crippen MR) is 105 cm³/mol. The first-order chi connectivity index (χ1) is 12.3. The summed E-state index contributed by atoms with van der Waals surface area (Å²) in [6.07, 6.45) is 8.31. The minimum atomic E-state index is 0.123. The van der Waals surface area contributed by atoms with Crippen molar-refractivity contribution in [1.82, 2.24) is 15.3 Å². The molecule has 0 spiro atoms. The Kier molecular flexibility index (Phi) is 4.79. The Labute approximate surface area is 161 Å². The first kappa shape index (κ1) is 18.3. The average Bonchev–Trinajstić information content (AvgIpc) is 2.56. The van der Waals surface area contributed by atoms with Crippen LogP contribution in [0.5, 0.6) is 0 Å². The zero-order valence-electron chi connectivity index (χ0n) is 16.5. The van der Waals surface area contributed by atoms with Crippen LogP contribution in [0.2, 0.25) is 0 Å². The monoisotopic (exact) mass is 373 g/mol. The molecule has 0 aromatic carbocycles. The number of nitrogens with one attached hydrogen (secondary N) is 1. The number of thioether (sulfide) groups is 1. The molecule has 0 saturated heterocycles. The number of hydrogen-bond donors (Lipinski definition) is 1. The van der Waals surface area contributed by atoms with E-state index in [9.17, 15) is 4.79 Å². The van der Waals surface area contributed by atoms with Gasteiger partial charge in [-0.2, -0.15) is 0 Å². The van der Waals surface area contributed by atoms with Crippen LogP contribution in [0.25, 0.3) is 0 Å². The van der Waals surface area contributed by atoms with Gasteiger partial charge in [0.1, 0.15) is 0 Å². The highest BCUT2D eigenvalue weighted by atomic mass is 32.2. The van der Waals surface area contributed by atoms with Gasteiger partial charge in [-0.1, -0.05) is 11.8 Å². The van der Waals surface area contributed by atoms with Crippen LogP contribution in [0.3, 0.4) is 0 Å². The Morgan fingerprint density at radius 2 is 1.58 bits per heavy atom. The molecule has 1 aromatic rings. The fourth-order valence-electron chi connectivity index (χ4n) is 6.08. The van der Waals surface area contributed by atoms with Gasteiger partial charge in [0.05, 0.1) is 5.75 Å². The number of carbonyl (C=O) groups excluding carboxylic acids is 1. The predicted octanol–water partition coefficient (Wildman–Crippen LogP) is 4.22. The minimum Gasteiger partial charge on any atom is -0.352 e. The van der Waals surface area contributed by atoms with Crippen LogP contribution in [0.15, 0.2) is 5.16 Å². The average molecular weight is 374 g/mol.